The smallest absolute Gasteiger partial charge is 0.407 e. The second-order valence-corrected chi connectivity index (χ2v) is 10.1. The van der Waals surface area contributed by atoms with Crippen molar-refractivity contribution < 1.29 is 23.8 Å². The molecular formula is C18H36N2O5S2. The van der Waals surface area contributed by atoms with Crippen molar-refractivity contribution in [1.82, 2.24) is 10.6 Å². The summed E-state index contributed by atoms with van der Waals surface area (Å²) in [6, 6.07) is 0. The van der Waals surface area contributed by atoms with Gasteiger partial charge in [-0.3, -0.25) is 0 Å². The molecule has 0 heterocycles. The van der Waals surface area contributed by atoms with E-state index in [0.29, 0.717) is 26.3 Å². The van der Waals surface area contributed by atoms with Gasteiger partial charge >= 0.3 is 12.2 Å². The summed E-state index contributed by atoms with van der Waals surface area (Å²) < 4.78 is 15.9. The van der Waals surface area contributed by atoms with Crippen molar-refractivity contribution in [3.63, 3.8) is 0 Å². The summed E-state index contributed by atoms with van der Waals surface area (Å²) in [5.41, 5.74) is -0.927. The van der Waals surface area contributed by atoms with Crippen molar-refractivity contribution in [2.24, 2.45) is 0 Å². The average Bonchev–Trinajstić information content (AvgIpc) is 2.48. The summed E-state index contributed by atoms with van der Waals surface area (Å²) in [6.45, 7) is 13.6. The Morgan fingerprint density at radius 3 is 1.41 bits per heavy atom. The zero-order valence-corrected chi connectivity index (χ0v) is 19.1. The van der Waals surface area contributed by atoms with Gasteiger partial charge in [-0.15, -0.1) is 0 Å². The molecule has 0 rings (SSSR count). The van der Waals surface area contributed by atoms with E-state index in [0.717, 1.165) is 23.0 Å². The summed E-state index contributed by atoms with van der Waals surface area (Å²) in [4.78, 5) is 22.9. The molecule has 160 valence electrons. The second-order valence-electron chi connectivity index (χ2n) is 7.69. The molecule has 2 amide bonds. The largest absolute Gasteiger partial charge is 0.444 e. The maximum atomic E-state index is 11.4. The minimum absolute atomic E-state index is 0.377. The van der Waals surface area contributed by atoms with E-state index in [-0.39, 0.29) is 12.2 Å². The van der Waals surface area contributed by atoms with Gasteiger partial charge in [0, 0.05) is 36.1 Å². The molecule has 0 saturated heterocycles. The van der Waals surface area contributed by atoms with Gasteiger partial charge in [0.05, 0.1) is 13.2 Å². The van der Waals surface area contributed by atoms with Gasteiger partial charge in [0.15, 0.2) is 0 Å². The molecule has 0 fully saturated rings. The molecule has 0 aromatic rings. The van der Waals surface area contributed by atoms with E-state index < -0.39 is 11.2 Å². The third-order valence-corrected chi connectivity index (χ3v) is 4.47. The van der Waals surface area contributed by atoms with Gasteiger partial charge in [-0.25, -0.2) is 9.59 Å². The molecule has 0 bridgehead atoms. The molecule has 0 unspecified atom stereocenters. The number of nitrogens with one attached hydrogen (secondary N) is 2. The summed E-state index contributed by atoms with van der Waals surface area (Å²) in [7, 11) is 0. The van der Waals surface area contributed by atoms with Crippen LogP contribution in [0.3, 0.4) is 0 Å². The summed E-state index contributed by atoms with van der Waals surface area (Å²) in [5.74, 6) is 3.43. The molecule has 9 heteroatoms. The number of hydrogen-bond donors (Lipinski definition) is 2. The molecule has 7 nitrogen and oxygen atoms in total. The number of rotatable bonds is 12. The van der Waals surface area contributed by atoms with Crippen LogP contribution >= 0.6 is 23.5 Å². The van der Waals surface area contributed by atoms with Crippen LogP contribution in [0.4, 0.5) is 9.59 Å². The highest BCUT2D eigenvalue weighted by Gasteiger charge is 2.16. The standard InChI is InChI=1S/C18H36N2O5S2/c1-17(2,3)24-15(21)19-7-11-26-13-9-23-10-14-27-12-8-20-16(22)25-18(4,5)6/h7-14H2,1-6H3,(H,19,21)(H,20,22). The average molecular weight is 425 g/mol. The van der Waals surface area contributed by atoms with Gasteiger partial charge < -0.3 is 24.8 Å². The van der Waals surface area contributed by atoms with Crippen LogP contribution in [0.25, 0.3) is 0 Å². The molecule has 0 radical (unpaired) electrons. The Hall–Kier alpha value is -0.800. The normalized spacial score (nSPS) is 11.8. The molecule has 0 aliphatic carbocycles. The lowest BCUT2D eigenvalue weighted by Gasteiger charge is -2.19. The number of carbonyl (C=O) groups excluding carboxylic acids is 2. The molecule has 2 N–H and O–H groups in total. The van der Waals surface area contributed by atoms with Crippen LogP contribution < -0.4 is 10.6 Å². The Balaban J connectivity index is 3.30. The molecule has 0 saturated carbocycles. The minimum Gasteiger partial charge on any atom is -0.444 e. The van der Waals surface area contributed by atoms with Crippen molar-refractivity contribution >= 4 is 35.7 Å². The number of amides is 2. The van der Waals surface area contributed by atoms with E-state index in [4.69, 9.17) is 14.2 Å². The first kappa shape index (κ1) is 26.2. The molecule has 0 aromatic carbocycles. The van der Waals surface area contributed by atoms with Crippen LogP contribution in [0.15, 0.2) is 0 Å². The highest BCUT2D eigenvalue weighted by atomic mass is 32.2. The third-order valence-electron chi connectivity index (χ3n) is 2.57. The van der Waals surface area contributed by atoms with E-state index in [1.807, 2.05) is 41.5 Å². The Kier molecular flexibility index (Phi) is 13.8. The highest BCUT2D eigenvalue weighted by molar-refractivity contribution is 7.99. The van der Waals surface area contributed by atoms with E-state index in [9.17, 15) is 9.59 Å². The number of thioether (sulfide) groups is 2. The zero-order valence-electron chi connectivity index (χ0n) is 17.5. The van der Waals surface area contributed by atoms with E-state index in [1.165, 1.54) is 0 Å². The van der Waals surface area contributed by atoms with Gasteiger partial charge in [0.2, 0.25) is 0 Å². The highest BCUT2D eigenvalue weighted by Crippen LogP contribution is 2.07. The first-order chi connectivity index (χ1) is 12.5. The monoisotopic (exact) mass is 424 g/mol. The minimum atomic E-state index is -0.463. The molecular weight excluding hydrogens is 388 g/mol. The van der Waals surface area contributed by atoms with E-state index >= 15 is 0 Å². The maximum absolute atomic E-state index is 11.4. The van der Waals surface area contributed by atoms with Crippen LogP contribution in [0.1, 0.15) is 41.5 Å². The number of carbonyl (C=O) groups is 2. The fourth-order valence-electron chi connectivity index (χ4n) is 1.62. The Morgan fingerprint density at radius 1 is 0.704 bits per heavy atom. The first-order valence-corrected chi connectivity index (χ1v) is 11.5. The van der Waals surface area contributed by atoms with Gasteiger partial charge in [-0.2, -0.15) is 23.5 Å². The number of alkyl carbamates (subject to hydrolysis) is 2. The summed E-state index contributed by atoms with van der Waals surface area (Å²) in [6.07, 6.45) is -0.755. The molecule has 0 aliphatic heterocycles. The van der Waals surface area contributed by atoms with Crippen molar-refractivity contribution in [1.29, 1.82) is 0 Å². The Labute approximate surface area is 172 Å². The Bertz CT molecular complexity index is 385. The molecule has 0 aromatic heterocycles. The maximum Gasteiger partial charge on any atom is 0.407 e. The summed E-state index contributed by atoms with van der Waals surface area (Å²) in [5, 5.41) is 5.45. The molecule has 0 aliphatic rings. The van der Waals surface area contributed by atoms with Gasteiger partial charge in [0.25, 0.3) is 0 Å². The fourth-order valence-corrected chi connectivity index (χ4v) is 2.99. The van der Waals surface area contributed by atoms with Crippen LogP contribution in [0.2, 0.25) is 0 Å². The van der Waals surface area contributed by atoms with Crippen molar-refractivity contribution in [2.75, 3.05) is 49.3 Å². The third kappa shape index (κ3) is 21.4. The summed E-state index contributed by atoms with van der Waals surface area (Å²) >= 11 is 3.46. The molecule has 0 atom stereocenters. The molecule has 27 heavy (non-hydrogen) atoms. The number of ether oxygens (including phenoxy) is 3. The fraction of sp³-hybridized carbons (Fsp3) is 0.889. The van der Waals surface area contributed by atoms with E-state index in [2.05, 4.69) is 10.6 Å². The SMILES string of the molecule is CC(C)(C)OC(=O)NCCSCCOCCSCCNC(=O)OC(C)(C)C. The zero-order chi connectivity index (χ0) is 20.8. The molecule has 0 spiro atoms. The van der Waals surface area contributed by atoms with Crippen molar-refractivity contribution in [3.8, 4) is 0 Å². The predicted molar refractivity (Wildman–Crippen MR) is 114 cm³/mol. The van der Waals surface area contributed by atoms with Gasteiger partial charge in [-0.05, 0) is 41.5 Å². The lowest BCUT2D eigenvalue weighted by Crippen LogP contribution is -2.33. The van der Waals surface area contributed by atoms with Crippen LogP contribution in [-0.2, 0) is 14.2 Å². The van der Waals surface area contributed by atoms with E-state index in [1.54, 1.807) is 23.5 Å². The number of hydrogen-bond acceptors (Lipinski definition) is 7. The van der Waals surface area contributed by atoms with Gasteiger partial charge in [0.1, 0.15) is 11.2 Å². The van der Waals surface area contributed by atoms with Crippen LogP contribution in [0.5, 0.6) is 0 Å². The topological polar surface area (TPSA) is 85.9 Å². The Morgan fingerprint density at radius 2 is 1.07 bits per heavy atom. The second kappa shape index (κ2) is 14.2. The van der Waals surface area contributed by atoms with Crippen molar-refractivity contribution in [3.05, 3.63) is 0 Å². The van der Waals surface area contributed by atoms with Crippen LogP contribution in [0, 0.1) is 0 Å². The lowest BCUT2D eigenvalue weighted by molar-refractivity contribution is 0.0519. The quantitative estimate of drug-likeness (QED) is 0.464. The van der Waals surface area contributed by atoms with Crippen LogP contribution in [-0.4, -0.2) is 72.7 Å². The predicted octanol–water partition coefficient (Wildman–Crippen LogP) is 3.52. The lowest BCUT2D eigenvalue weighted by atomic mass is 10.2. The van der Waals surface area contributed by atoms with Gasteiger partial charge in [-0.1, -0.05) is 0 Å². The first-order valence-electron chi connectivity index (χ1n) is 9.16. The van der Waals surface area contributed by atoms with Crippen molar-refractivity contribution in [2.45, 2.75) is 52.7 Å².